The van der Waals surface area contributed by atoms with Crippen molar-refractivity contribution in [1.82, 2.24) is 10.3 Å². The largest absolute Gasteiger partial charge is 0.352 e. The molecule has 0 saturated heterocycles. The molecule has 0 spiro atoms. The summed E-state index contributed by atoms with van der Waals surface area (Å²) in [5, 5.41) is 4.05. The van der Waals surface area contributed by atoms with E-state index in [-0.39, 0.29) is 18.2 Å². The van der Waals surface area contributed by atoms with Crippen molar-refractivity contribution in [2.45, 2.75) is 19.0 Å². The molecule has 5 nitrogen and oxygen atoms in total. The van der Waals surface area contributed by atoms with E-state index in [9.17, 15) is 9.59 Å². The minimum absolute atomic E-state index is 0.0861. The molecule has 2 amide bonds. The first-order chi connectivity index (χ1) is 14.0. The van der Waals surface area contributed by atoms with E-state index in [1.54, 1.807) is 53.6 Å². The van der Waals surface area contributed by atoms with Crippen molar-refractivity contribution in [3.63, 3.8) is 0 Å². The van der Waals surface area contributed by atoms with E-state index in [0.29, 0.717) is 33.5 Å². The SMILES string of the molecule is O=C(C[C@@H]1c2ncccc2C(=O)N1c1ccc(Cl)cc1)NCc1ccccc1Cl. The fourth-order valence-electron chi connectivity index (χ4n) is 3.43. The van der Waals surface area contributed by atoms with E-state index >= 15 is 0 Å². The Morgan fingerprint density at radius 1 is 1.03 bits per heavy atom. The Morgan fingerprint density at radius 3 is 2.55 bits per heavy atom. The van der Waals surface area contributed by atoms with Crippen molar-refractivity contribution in [3.8, 4) is 0 Å². The van der Waals surface area contributed by atoms with Gasteiger partial charge in [-0.05, 0) is 48.0 Å². The number of amides is 2. The number of pyridine rings is 1. The highest BCUT2D eigenvalue weighted by Gasteiger charge is 2.39. The van der Waals surface area contributed by atoms with Crippen molar-refractivity contribution in [1.29, 1.82) is 0 Å². The highest BCUT2D eigenvalue weighted by molar-refractivity contribution is 6.31. The fraction of sp³-hybridized carbons (Fsp3) is 0.136. The Hall–Kier alpha value is -2.89. The summed E-state index contributed by atoms with van der Waals surface area (Å²) in [7, 11) is 0. The van der Waals surface area contributed by atoms with Crippen LogP contribution in [0.5, 0.6) is 0 Å². The molecule has 1 atom stereocenters. The zero-order valence-electron chi connectivity index (χ0n) is 15.3. The number of fused-ring (bicyclic) bond motifs is 1. The Bertz CT molecular complexity index is 1070. The standard InChI is InChI=1S/C22H17Cl2N3O2/c23-15-7-9-16(10-8-15)27-19(21-17(22(27)29)5-3-11-25-21)12-20(28)26-13-14-4-1-2-6-18(14)24/h1-11,19H,12-13H2,(H,26,28)/t19-/m1/s1. The van der Waals surface area contributed by atoms with E-state index < -0.39 is 6.04 Å². The van der Waals surface area contributed by atoms with Crippen LogP contribution in [0.15, 0.2) is 66.9 Å². The molecule has 1 aliphatic heterocycles. The molecule has 0 radical (unpaired) electrons. The van der Waals surface area contributed by atoms with Gasteiger partial charge in [0.2, 0.25) is 5.91 Å². The molecule has 2 aromatic carbocycles. The molecule has 2 heterocycles. The highest BCUT2D eigenvalue weighted by atomic mass is 35.5. The second-order valence-electron chi connectivity index (χ2n) is 6.68. The molecule has 0 saturated carbocycles. The minimum Gasteiger partial charge on any atom is -0.352 e. The number of rotatable bonds is 5. The molecule has 29 heavy (non-hydrogen) atoms. The predicted octanol–water partition coefficient (Wildman–Crippen LogP) is 4.80. The van der Waals surface area contributed by atoms with Crippen LogP contribution in [0.25, 0.3) is 0 Å². The molecular weight excluding hydrogens is 409 g/mol. The smallest absolute Gasteiger partial charge is 0.260 e. The van der Waals surface area contributed by atoms with Gasteiger partial charge in [-0.25, -0.2) is 0 Å². The Balaban J connectivity index is 1.57. The van der Waals surface area contributed by atoms with E-state index in [0.717, 1.165) is 5.56 Å². The quantitative estimate of drug-likeness (QED) is 0.638. The first-order valence-electron chi connectivity index (χ1n) is 9.09. The van der Waals surface area contributed by atoms with Gasteiger partial charge in [-0.2, -0.15) is 0 Å². The van der Waals surface area contributed by atoms with Crippen LogP contribution in [0.2, 0.25) is 10.0 Å². The van der Waals surface area contributed by atoms with Crippen LogP contribution < -0.4 is 10.2 Å². The number of carbonyl (C=O) groups is 2. The summed E-state index contributed by atoms with van der Waals surface area (Å²) < 4.78 is 0. The number of anilines is 1. The summed E-state index contributed by atoms with van der Waals surface area (Å²) in [6.07, 6.45) is 1.72. The first-order valence-corrected chi connectivity index (χ1v) is 9.84. The van der Waals surface area contributed by atoms with E-state index in [4.69, 9.17) is 23.2 Å². The number of benzene rings is 2. The van der Waals surface area contributed by atoms with Gasteiger partial charge in [-0.15, -0.1) is 0 Å². The maximum Gasteiger partial charge on any atom is 0.260 e. The third kappa shape index (κ3) is 3.97. The monoisotopic (exact) mass is 425 g/mol. The summed E-state index contributed by atoms with van der Waals surface area (Å²) in [5.74, 6) is -0.375. The van der Waals surface area contributed by atoms with Crippen molar-refractivity contribution >= 4 is 40.7 Å². The predicted molar refractivity (Wildman–Crippen MR) is 113 cm³/mol. The van der Waals surface area contributed by atoms with Gasteiger partial charge in [0, 0.05) is 28.5 Å². The zero-order valence-corrected chi connectivity index (χ0v) is 16.8. The number of halogens is 2. The third-order valence-corrected chi connectivity index (χ3v) is 5.45. The van der Waals surface area contributed by atoms with Gasteiger partial charge in [-0.3, -0.25) is 19.5 Å². The van der Waals surface area contributed by atoms with Crippen LogP contribution in [0.3, 0.4) is 0 Å². The van der Waals surface area contributed by atoms with Crippen LogP contribution in [-0.2, 0) is 11.3 Å². The van der Waals surface area contributed by atoms with Crippen molar-refractivity contribution < 1.29 is 9.59 Å². The normalized spacial score (nSPS) is 15.3. The van der Waals surface area contributed by atoms with Crippen molar-refractivity contribution in [2.24, 2.45) is 0 Å². The summed E-state index contributed by atoms with van der Waals surface area (Å²) in [4.78, 5) is 31.7. The number of hydrogen-bond acceptors (Lipinski definition) is 3. The number of nitrogens with zero attached hydrogens (tertiary/aromatic N) is 2. The molecule has 1 aliphatic rings. The summed E-state index contributed by atoms with van der Waals surface area (Å²) in [5.41, 5.74) is 2.60. The summed E-state index contributed by atoms with van der Waals surface area (Å²) >= 11 is 12.1. The lowest BCUT2D eigenvalue weighted by Gasteiger charge is -2.24. The Labute approximate surface area is 178 Å². The zero-order chi connectivity index (χ0) is 20.4. The third-order valence-electron chi connectivity index (χ3n) is 4.83. The van der Waals surface area contributed by atoms with Gasteiger partial charge in [0.25, 0.3) is 5.91 Å². The van der Waals surface area contributed by atoms with Crippen LogP contribution >= 0.6 is 23.2 Å². The maximum absolute atomic E-state index is 13.0. The number of hydrogen-bond donors (Lipinski definition) is 1. The van der Waals surface area contributed by atoms with Crippen LogP contribution in [-0.4, -0.2) is 16.8 Å². The number of nitrogens with one attached hydrogen (secondary N) is 1. The fourth-order valence-corrected chi connectivity index (χ4v) is 3.76. The topological polar surface area (TPSA) is 62.3 Å². The number of aromatic nitrogens is 1. The Morgan fingerprint density at radius 2 is 1.79 bits per heavy atom. The molecule has 0 aliphatic carbocycles. The van der Waals surface area contributed by atoms with Gasteiger partial charge in [0.15, 0.2) is 0 Å². The first kappa shape index (κ1) is 19.4. The molecule has 0 bridgehead atoms. The molecule has 7 heteroatoms. The minimum atomic E-state index is -0.494. The van der Waals surface area contributed by atoms with Crippen LogP contribution in [0.1, 0.15) is 34.1 Å². The van der Waals surface area contributed by atoms with Crippen molar-refractivity contribution in [2.75, 3.05) is 4.90 Å². The highest BCUT2D eigenvalue weighted by Crippen LogP contribution is 2.38. The molecule has 0 unspecified atom stereocenters. The van der Waals surface area contributed by atoms with Gasteiger partial charge in [0.1, 0.15) is 0 Å². The lowest BCUT2D eigenvalue weighted by atomic mass is 10.1. The lowest BCUT2D eigenvalue weighted by molar-refractivity contribution is -0.121. The number of carbonyl (C=O) groups excluding carboxylic acids is 2. The molecule has 3 aromatic rings. The van der Waals surface area contributed by atoms with Gasteiger partial charge in [-0.1, -0.05) is 41.4 Å². The molecule has 0 fully saturated rings. The van der Waals surface area contributed by atoms with E-state index in [2.05, 4.69) is 10.3 Å². The summed E-state index contributed by atoms with van der Waals surface area (Å²) in [6.45, 7) is 0.315. The van der Waals surface area contributed by atoms with Crippen LogP contribution in [0.4, 0.5) is 5.69 Å². The van der Waals surface area contributed by atoms with Gasteiger partial charge in [0.05, 0.1) is 23.7 Å². The Kier molecular flexibility index (Phi) is 5.51. The average Bonchev–Trinajstić information content (AvgIpc) is 3.00. The van der Waals surface area contributed by atoms with Gasteiger partial charge >= 0.3 is 0 Å². The van der Waals surface area contributed by atoms with E-state index in [1.807, 2.05) is 18.2 Å². The second-order valence-corrected chi connectivity index (χ2v) is 7.52. The molecule has 4 rings (SSSR count). The molecule has 146 valence electrons. The molecular formula is C22H17Cl2N3O2. The van der Waals surface area contributed by atoms with Crippen LogP contribution in [0, 0.1) is 0 Å². The molecule has 1 N–H and O–H groups in total. The van der Waals surface area contributed by atoms with Crippen molar-refractivity contribution in [3.05, 3.63) is 93.7 Å². The maximum atomic E-state index is 13.0. The second kappa shape index (κ2) is 8.23. The summed E-state index contributed by atoms with van der Waals surface area (Å²) in [6, 6.07) is 17.3. The lowest BCUT2D eigenvalue weighted by Crippen LogP contribution is -2.33. The average molecular weight is 426 g/mol. The molecule has 1 aromatic heterocycles. The van der Waals surface area contributed by atoms with E-state index in [1.165, 1.54) is 0 Å². The van der Waals surface area contributed by atoms with Gasteiger partial charge < -0.3 is 5.32 Å².